The van der Waals surface area contributed by atoms with Crippen molar-refractivity contribution in [3.63, 3.8) is 0 Å². The summed E-state index contributed by atoms with van der Waals surface area (Å²) in [5, 5.41) is 1.94. The molecule has 0 aliphatic heterocycles. The minimum Gasteiger partial charge on any atom is -0.363 e. The van der Waals surface area contributed by atoms with Crippen molar-refractivity contribution in [1.29, 1.82) is 0 Å². The van der Waals surface area contributed by atoms with Gasteiger partial charge in [-0.3, -0.25) is 0 Å². The number of nitrogens with one attached hydrogen (secondary N) is 1. The van der Waals surface area contributed by atoms with Crippen molar-refractivity contribution < 1.29 is 8.42 Å². The highest BCUT2D eigenvalue weighted by molar-refractivity contribution is 7.89. The summed E-state index contributed by atoms with van der Waals surface area (Å²) in [6.07, 6.45) is 1.48. The molecule has 2 heterocycles. The van der Waals surface area contributed by atoms with Gasteiger partial charge in [0.1, 0.15) is 0 Å². The summed E-state index contributed by atoms with van der Waals surface area (Å²) in [4.78, 5) is 4.11. The third-order valence-electron chi connectivity index (χ3n) is 3.04. The molecule has 2 rings (SSSR count). The van der Waals surface area contributed by atoms with Crippen molar-refractivity contribution in [2.24, 2.45) is 0 Å². The van der Waals surface area contributed by atoms with E-state index in [0.717, 1.165) is 4.88 Å². The molecule has 1 unspecified atom stereocenters. The van der Waals surface area contributed by atoms with Crippen LogP contribution in [0.4, 0.5) is 0 Å². The number of sulfonamides is 1. The van der Waals surface area contributed by atoms with E-state index in [2.05, 4.69) is 4.98 Å². The zero-order valence-corrected chi connectivity index (χ0v) is 13.0. The summed E-state index contributed by atoms with van der Waals surface area (Å²) in [6, 6.07) is 5.22. The highest BCUT2D eigenvalue weighted by Gasteiger charge is 2.27. The lowest BCUT2D eigenvalue weighted by Crippen LogP contribution is -2.29. The number of thiophene rings is 1. The van der Waals surface area contributed by atoms with E-state index in [0.29, 0.717) is 5.69 Å². The smallest absolute Gasteiger partial charge is 0.244 e. The maximum atomic E-state index is 12.5. The molecule has 0 radical (unpaired) electrons. The van der Waals surface area contributed by atoms with Crippen molar-refractivity contribution in [3.8, 4) is 0 Å². The van der Waals surface area contributed by atoms with Gasteiger partial charge in [-0.2, -0.15) is 4.31 Å². The highest BCUT2D eigenvalue weighted by Crippen LogP contribution is 2.28. The van der Waals surface area contributed by atoms with E-state index >= 15 is 0 Å². The first kappa shape index (κ1) is 14.6. The average Bonchev–Trinajstić information content (AvgIpc) is 3.07. The molecule has 104 valence electrons. The van der Waals surface area contributed by atoms with Crippen molar-refractivity contribution in [1.82, 2.24) is 9.29 Å². The Labute approximate surface area is 122 Å². The van der Waals surface area contributed by atoms with Crippen molar-refractivity contribution in [2.75, 3.05) is 7.05 Å². The lowest BCUT2D eigenvalue weighted by molar-refractivity contribution is 0.403. The molecule has 19 heavy (non-hydrogen) atoms. The maximum Gasteiger partial charge on any atom is 0.244 e. The van der Waals surface area contributed by atoms with E-state index in [-0.39, 0.29) is 16.8 Å². The van der Waals surface area contributed by atoms with E-state index in [4.69, 9.17) is 11.6 Å². The maximum absolute atomic E-state index is 12.5. The quantitative estimate of drug-likeness (QED) is 0.861. The van der Waals surface area contributed by atoms with E-state index in [1.165, 1.54) is 10.5 Å². The molecule has 7 heteroatoms. The van der Waals surface area contributed by atoms with E-state index in [1.54, 1.807) is 24.5 Å². The largest absolute Gasteiger partial charge is 0.363 e. The van der Waals surface area contributed by atoms with Crippen molar-refractivity contribution >= 4 is 33.0 Å². The van der Waals surface area contributed by atoms with Gasteiger partial charge in [-0.25, -0.2) is 8.42 Å². The summed E-state index contributed by atoms with van der Waals surface area (Å²) in [5.74, 6) is 0.264. The fourth-order valence-corrected chi connectivity index (χ4v) is 4.14. The Hall–Kier alpha value is -0.820. The summed E-state index contributed by atoms with van der Waals surface area (Å²) in [6.45, 7) is 1.87. The zero-order valence-electron chi connectivity index (χ0n) is 10.6. The number of halogens is 1. The van der Waals surface area contributed by atoms with Gasteiger partial charge in [0.2, 0.25) is 10.0 Å². The Morgan fingerprint density at radius 1 is 1.53 bits per heavy atom. The molecule has 0 spiro atoms. The van der Waals surface area contributed by atoms with Crippen LogP contribution < -0.4 is 0 Å². The monoisotopic (exact) mass is 318 g/mol. The molecule has 0 amide bonds. The summed E-state index contributed by atoms with van der Waals surface area (Å²) < 4.78 is 26.3. The van der Waals surface area contributed by atoms with Crippen LogP contribution in [0.5, 0.6) is 0 Å². The fourth-order valence-electron chi connectivity index (χ4n) is 1.73. The number of rotatable bonds is 5. The van der Waals surface area contributed by atoms with Crippen molar-refractivity contribution in [2.45, 2.75) is 23.7 Å². The second-order valence-corrected chi connectivity index (χ2v) is 7.45. The zero-order chi connectivity index (χ0) is 14.0. The number of aromatic amines is 1. The molecule has 1 N–H and O–H groups in total. The van der Waals surface area contributed by atoms with E-state index < -0.39 is 10.0 Å². The highest BCUT2D eigenvalue weighted by atomic mass is 35.5. The van der Waals surface area contributed by atoms with Gasteiger partial charge in [-0.05, 0) is 24.4 Å². The molecular weight excluding hydrogens is 304 g/mol. The van der Waals surface area contributed by atoms with Crippen LogP contribution >= 0.6 is 22.9 Å². The number of alkyl halides is 1. The molecule has 0 aliphatic carbocycles. The van der Waals surface area contributed by atoms with Crippen LogP contribution in [0.1, 0.15) is 23.5 Å². The molecule has 0 bridgehead atoms. The first-order chi connectivity index (χ1) is 8.96. The van der Waals surface area contributed by atoms with Gasteiger partial charge in [0.25, 0.3) is 0 Å². The predicted molar refractivity (Wildman–Crippen MR) is 78.0 cm³/mol. The molecule has 0 saturated heterocycles. The summed E-state index contributed by atoms with van der Waals surface area (Å²) in [5.41, 5.74) is 0.692. The van der Waals surface area contributed by atoms with Crippen LogP contribution in [0, 0.1) is 0 Å². The van der Waals surface area contributed by atoms with Crippen LogP contribution in [0.15, 0.2) is 34.7 Å². The minimum absolute atomic E-state index is 0.195. The van der Waals surface area contributed by atoms with Gasteiger partial charge < -0.3 is 4.98 Å². The Kier molecular flexibility index (Phi) is 4.35. The van der Waals surface area contributed by atoms with Gasteiger partial charge in [0.15, 0.2) is 0 Å². The first-order valence-corrected chi connectivity index (χ1v) is 8.57. The number of hydrogen-bond acceptors (Lipinski definition) is 3. The Morgan fingerprint density at radius 3 is 2.79 bits per heavy atom. The number of nitrogens with zero attached hydrogens (tertiary/aromatic N) is 1. The lowest BCUT2D eigenvalue weighted by atomic mass is 10.3. The van der Waals surface area contributed by atoms with Crippen LogP contribution in [-0.2, 0) is 15.9 Å². The average molecular weight is 319 g/mol. The second kappa shape index (κ2) is 5.66. The predicted octanol–water partition coefficient (Wildman–Crippen LogP) is 3.20. The SMILES string of the molecule is CC(c1cccs1)N(C)S(=O)(=O)c1c[nH]c(CCl)c1. The van der Waals surface area contributed by atoms with Crippen molar-refractivity contribution in [3.05, 3.63) is 40.3 Å². The second-order valence-electron chi connectivity index (χ2n) is 4.21. The summed E-state index contributed by atoms with van der Waals surface area (Å²) in [7, 11) is -1.91. The Morgan fingerprint density at radius 2 is 2.26 bits per heavy atom. The normalized spacial score (nSPS) is 13.9. The van der Waals surface area contributed by atoms with Gasteiger partial charge >= 0.3 is 0 Å². The van der Waals surface area contributed by atoms with E-state index in [1.807, 2.05) is 24.4 Å². The molecule has 0 aliphatic rings. The molecule has 2 aromatic rings. The van der Waals surface area contributed by atoms with E-state index in [9.17, 15) is 8.42 Å². The van der Waals surface area contributed by atoms with Crippen LogP contribution in [0.2, 0.25) is 0 Å². The standard InChI is InChI=1S/C12H15ClN2O2S2/c1-9(12-4-3-5-18-12)15(2)19(16,17)11-6-10(7-13)14-8-11/h3-6,8-9,14H,7H2,1-2H3. The van der Waals surface area contributed by atoms with Crippen LogP contribution in [-0.4, -0.2) is 24.8 Å². The molecule has 4 nitrogen and oxygen atoms in total. The topological polar surface area (TPSA) is 53.2 Å². The number of hydrogen-bond donors (Lipinski definition) is 1. The van der Waals surface area contributed by atoms with Gasteiger partial charge in [-0.15, -0.1) is 22.9 Å². The third-order valence-corrected chi connectivity index (χ3v) is 6.27. The molecule has 1 atom stereocenters. The fraction of sp³-hybridized carbons (Fsp3) is 0.333. The van der Waals surface area contributed by atoms with Gasteiger partial charge in [0, 0.05) is 23.8 Å². The molecule has 0 fully saturated rings. The van der Waals surface area contributed by atoms with Gasteiger partial charge in [0.05, 0.1) is 16.8 Å². The molecular formula is C12H15ClN2O2S2. The third kappa shape index (κ3) is 2.86. The Bertz CT molecular complexity index is 634. The Balaban J connectivity index is 2.28. The lowest BCUT2D eigenvalue weighted by Gasteiger charge is -2.22. The molecule has 0 aromatic carbocycles. The molecule has 2 aromatic heterocycles. The minimum atomic E-state index is -3.50. The first-order valence-electron chi connectivity index (χ1n) is 5.71. The molecule has 0 saturated carbocycles. The van der Waals surface area contributed by atoms with Gasteiger partial charge in [-0.1, -0.05) is 6.07 Å². The number of aromatic nitrogens is 1. The number of H-pyrrole nitrogens is 1. The van der Waals surface area contributed by atoms with Crippen LogP contribution in [0.3, 0.4) is 0 Å². The van der Waals surface area contributed by atoms with Crippen LogP contribution in [0.25, 0.3) is 0 Å². The summed E-state index contributed by atoms with van der Waals surface area (Å²) >= 11 is 7.22.